The molecule has 1 aliphatic heterocycles. The second kappa shape index (κ2) is 12.0. The summed E-state index contributed by atoms with van der Waals surface area (Å²) in [5.41, 5.74) is 7.37. The second-order valence-electron chi connectivity index (χ2n) is 11.8. The Labute approximate surface area is 224 Å². The molecule has 1 heterocycles. The third kappa shape index (κ3) is 6.84. The lowest BCUT2D eigenvalue weighted by Gasteiger charge is -2.33. The van der Waals surface area contributed by atoms with E-state index in [2.05, 4.69) is 119 Å². The molecule has 0 bridgehead atoms. The summed E-state index contributed by atoms with van der Waals surface area (Å²) < 4.78 is 2.59. The average molecular weight is 500 g/mol. The SMILES string of the molecule is CCC(C)C(C)(C)Cc1cccc(C2CCCN(Sc3cccc(-c4ccc(C(C)C)cc4)c3)C2)c1. The second-order valence-corrected chi connectivity index (χ2v) is 13.0. The summed E-state index contributed by atoms with van der Waals surface area (Å²) in [5.74, 6) is 1.91. The van der Waals surface area contributed by atoms with Crippen LogP contribution in [-0.2, 0) is 6.42 Å². The van der Waals surface area contributed by atoms with Crippen LogP contribution in [0.1, 0.15) is 89.3 Å². The first-order chi connectivity index (χ1) is 17.2. The molecule has 3 aromatic rings. The summed E-state index contributed by atoms with van der Waals surface area (Å²) in [4.78, 5) is 1.34. The van der Waals surface area contributed by atoms with Crippen LogP contribution < -0.4 is 0 Å². The van der Waals surface area contributed by atoms with Gasteiger partial charge in [-0.2, -0.15) is 0 Å². The zero-order chi connectivity index (χ0) is 25.7. The van der Waals surface area contributed by atoms with Gasteiger partial charge in [-0.15, -0.1) is 0 Å². The van der Waals surface area contributed by atoms with Crippen molar-refractivity contribution in [1.82, 2.24) is 4.31 Å². The molecule has 0 saturated carbocycles. The van der Waals surface area contributed by atoms with E-state index in [-0.39, 0.29) is 0 Å². The van der Waals surface area contributed by atoms with Gasteiger partial charge in [-0.1, -0.05) is 109 Å². The topological polar surface area (TPSA) is 3.24 Å². The fraction of sp³-hybridized carbons (Fsp3) is 0.471. The normalized spacial score (nSPS) is 17.9. The first-order valence-electron chi connectivity index (χ1n) is 14.0. The summed E-state index contributed by atoms with van der Waals surface area (Å²) in [6.07, 6.45) is 4.95. The fourth-order valence-electron chi connectivity index (χ4n) is 5.45. The summed E-state index contributed by atoms with van der Waals surface area (Å²) in [7, 11) is 0. The quantitative estimate of drug-likeness (QED) is 0.269. The van der Waals surface area contributed by atoms with Crippen LogP contribution >= 0.6 is 11.9 Å². The van der Waals surface area contributed by atoms with Gasteiger partial charge in [-0.25, -0.2) is 4.31 Å². The molecule has 2 atom stereocenters. The Morgan fingerprint density at radius 2 is 1.67 bits per heavy atom. The molecule has 0 aromatic heterocycles. The molecular weight excluding hydrogens is 454 g/mol. The molecule has 0 spiro atoms. The Balaban J connectivity index is 1.43. The highest BCUT2D eigenvalue weighted by molar-refractivity contribution is 7.97. The van der Waals surface area contributed by atoms with Crippen LogP contribution in [-0.4, -0.2) is 17.4 Å². The predicted molar refractivity (Wildman–Crippen MR) is 159 cm³/mol. The minimum atomic E-state index is 0.335. The molecule has 3 aromatic carbocycles. The van der Waals surface area contributed by atoms with Gasteiger partial charge in [0.2, 0.25) is 0 Å². The van der Waals surface area contributed by atoms with E-state index in [1.807, 2.05) is 11.9 Å². The van der Waals surface area contributed by atoms with Gasteiger partial charge in [-0.05, 0) is 94.3 Å². The molecule has 0 radical (unpaired) electrons. The van der Waals surface area contributed by atoms with Crippen molar-refractivity contribution >= 4 is 11.9 Å². The van der Waals surface area contributed by atoms with Gasteiger partial charge in [0, 0.05) is 18.0 Å². The summed E-state index contributed by atoms with van der Waals surface area (Å²) >= 11 is 1.93. The van der Waals surface area contributed by atoms with Crippen molar-refractivity contribution in [3.63, 3.8) is 0 Å². The number of hydrogen-bond acceptors (Lipinski definition) is 2. The lowest BCUT2D eigenvalue weighted by Crippen LogP contribution is -2.29. The zero-order valence-electron chi connectivity index (χ0n) is 23.3. The highest BCUT2D eigenvalue weighted by Crippen LogP contribution is 2.37. The monoisotopic (exact) mass is 499 g/mol. The molecule has 192 valence electrons. The fourth-order valence-corrected chi connectivity index (χ4v) is 6.54. The predicted octanol–water partition coefficient (Wildman–Crippen LogP) is 9.98. The number of hydrogen-bond donors (Lipinski definition) is 0. The molecule has 4 rings (SSSR count). The third-order valence-electron chi connectivity index (χ3n) is 8.39. The summed E-state index contributed by atoms with van der Waals surface area (Å²) in [5, 5.41) is 0. The van der Waals surface area contributed by atoms with E-state index < -0.39 is 0 Å². The van der Waals surface area contributed by atoms with Crippen LogP contribution in [0.4, 0.5) is 0 Å². The van der Waals surface area contributed by atoms with Crippen molar-refractivity contribution < 1.29 is 0 Å². The van der Waals surface area contributed by atoms with Crippen molar-refractivity contribution in [2.45, 2.75) is 84.0 Å². The largest absolute Gasteiger partial charge is 0.246 e. The van der Waals surface area contributed by atoms with Gasteiger partial charge in [0.15, 0.2) is 0 Å². The molecule has 1 aliphatic rings. The van der Waals surface area contributed by atoms with Crippen molar-refractivity contribution in [3.8, 4) is 11.1 Å². The first kappa shape index (κ1) is 27.0. The van der Waals surface area contributed by atoms with Gasteiger partial charge in [0.25, 0.3) is 0 Å². The molecule has 2 unspecified atom stereocenters. The van der Waals surface area contributed by atoms with Crippen molar-refractivity contribution in [3.05, 3.63) is 89.5 Å². The first-order valence-corrected chi connectivity index (χ1v) is 14.7. The van der Waals surface area contributed by atoms with Crippen LogP contribution in [0.3, 0.4) is 0 Å². The lowest BCUT2D eigenvalue weighted by molar-refractivity contribution is 0.223. The van der Waals surface area contributed by atoms with E-state index in [1.165, 1.54) is 52.0 Å². The Morgan fingerprint density at radius 1 is 0.917 bits per heavy atom. The minimum absolute atomic E-state index is 0.335. The van der Waals surface area contributed by atoms with Crippen LogP contribution in [0.5, 0.6) is 0 Å². The lowest BCUT2D eigenvalue weighted by atomic mass is 9.74. The highest BCUT2D eigenvalue weighted by Gasteiger charge is 2.26. The molecule has 0 aliphatic carbocycles. The van der Waals surface area contributed by atoms with Gasteiger partial charge in [-0.3, -0.25) is 0 Å². The summed E-state index contributed by atoms with van der Waals surface area (Å²) in [6.45, 7) is 16.4. The maximum absolute atomic E-state index is 2.59. The molecule has 1 nitrogen and oxygen atoms in total. The number of nitrogens with zero attached hydrogens (tertiary/aromatic N) is 1. The summed E-state index contributed by atoms with van der Waals surface area (Å²) in [6, 6.07) is 27.6. The molecule has 2 heteroatoms. The maximum Gasteiger partial charge on any atom is 0.0236 e. The van der Waals surface area contributed by atoms with E-state index in [0.717, 1.165) is 25.4 Å². The molecule has 0 amide bonds. The van der Waals surface area contributed by atoms with Crippen LogP contribution in [0.15, 0.2) is 77.7 Å². The number of rotatable bonds is 9. The third-order valence-corrected chi connectivity index (χ3v) is 9.45. The van der Waals surface area contributed by atoms with Crippen LogP contribution in [0, 0.1) is 11.3 Å². The molecule has 0 N–H and O–H groups in total. The molecule has 1 fully saturated rings. The number of piperidine rings is 1. The van der Waals surface area contributed by atoms with E-state index in [0.29, 0.717) is 17.3 Å². The Kier molecular flexibility index (Phi) is 9.01. The standard InChI is InChI=1S/C34H45NS/c1-7-26(4)34(5,6)23-27-11-8-12-30(21-27)32-14-10-20-35(24-32)36-33-15-9-13-31(22-33)29-18-16-28(17-19-29)25(2)3/h8-9,11-13,15-19,21-22,25-26,32H,7,10,14,20,23-24H2,1-6H3. The van der Waals surface area contributed by atoms with E-state index in [1.54, 1.807) is 0 Å². The molecule has 36 heavy (non-hydrogen) atoms. The van der Waals surface area contributed by atoms with Crippen LogP contribution in [0.25, 0.3) is 11.1 Å². The Bertz CT molecular complexity index is 1110. The maximum atomic E-state index is 2.59. The Hall–Kier alpha value is -2.03. The van der Waals surface area contributed by atoms with E-state index >= 15 is 0 Å². The van der Waals surface area contributed by atoms with Gasteiger partial charge < -0.3 is 0 Å². The average Bonchev–Trinajstić information content (AvgIpc) is 2.88. The van der Waals surface area contributed by atoms with E-state index in [4.69, 9.17) is 0 Å². The van der Waals surface area contributed by atoms with Gasteiger partial charge in [0.05, 0.1) is 0 Å². The van der Waals surface area contributed by atoms with Crippen LogP contribution in [0.2, 0.25) is 0 Å². The zero-order valence-corrected chi connectivity index (χ0v) is 24.1. The highest BCUT2D eigenvalue weighted by atomic mass is 32.2. The van der Waals surface area contributed by atoms with Crippen molar-refractivity contribution in [1.29, 1.82) is 0 Å². The molecule has 1 saturated heterocycles. The minimum Gasteiger partial charge on any atom is -0.246 e. The van der Waals surface area contributed by atoms with Gasteiger partial charge >= 0.3 is 0 Å². The van der Waals surface area contributed by atoms with Crippen molar-refractivity contribution in [2.75, 3.05) is 13.1 Å². The number of benzene rings is 3. The van der Waals surface area contributed by atoms with Gasteiger partial charge in [0.1, 0.15) is 0 Å². The smallest absolute Gasteiger partial charge is 0.0236 e. The van der Waals surface area contributed by atoms with E-state index in [9.17, 15) is 0 Å². The molecular formula is C34H45NS. The Morgan fingerprint density at radius 3 is 2.39 bits per heavy atom. The van der Waals surface area contributed by atoms with Crippen molar-refractivity contribution in [2.24, 2.45) is 11.3 Å².